The van der Waals surface area contributed by atoms with Crippen LogP contribution >= 0.6 is 0 Å². The molecule has 0 aliphatic carbocycles. The minimum atomic E-state index is -1.09. The Balaban J connectivity index is 1.63. The quantitative estimate of drug-likeness (QED) is 0.389. The Hall–Kier alpha value is -3.61. The van der Waals surface area contributed by atoms with Crippen molar-refractivity contribution in [2.75, 3.05) is 6.54 Å². The lowest BCUT2D eigenvalue weighted by molar-refractivity contribution is -0.141. The summed E-state index contributed by atoms with van der Waals surface area (Å²) in [5, 5.41) is 14.4. The Morgan fingerprint density at radius 1 is 0.967 bits per heavy atom. The summed E-state index contributed by atoms with van der Waals surface area (Å²) in [4.78, 5) is 35.0. The molecule has 2 rings (SSSR count). The summed E-state index contributed by atoms with van der Waals surface area (Å²) in [6.45, 7) is 0.554. The highest BCUT2D eigenvalue weighted by Crippen LogP contribution is 2.04. The molecule has 0 spiro atoms. The SMILES string of the molecule is O=C(/C=C/c1ccccc1)N[C@@H](CCCCNC(=O)OCc1ccccc1)C(=O)O. The minimum Gasteiger partial charge on any atom is -0.480 e. The van der Waals surface area contributed by atoms with E-state index in [1.165, 1.54) is 6.08 Å². The van der Waals surface area contributed by atoms with Gasteiger partial charge in [0.05, 0.1) is 0 Å². The number of rotatable bonds is 11. The summed E-state index contributed by atoms with van der Waals surface area (Å²) < 4.78 is 5.10. The van der Waals surface area contributed by atoms with Crippen molar-refractivity contribution in [3.8, 4) is 0 Å². The zero-order valence-corrected chi connectivity index (χ0v) is 16.6. The number of unbranched alkanes of at least 4 members (excludes halogenated alkanes) is 1. The zero-order valence-electron chi connectivity index (χ0n) is 16.6. The molecule has 0 aliphatic heterocycles. The topological polar surface area (TPSA) is 105 Å². The highest BCUT2D eigenvalue weighted by molar-refractivity contribution is 5.94. The van der Waals surface area contributed by atoms with Gasteiger partial charge in [-0.1, -0.05) is 60.7 Å². The van der Waals surface area contributed by atoms with Crippen LogP contribution in [0.25, 0.3) is 6.08 Å². The molecule has 2 aromatic carbocycles. The van der Waals surface area contributed by atoms with E-state index in [0.29, 0.717) is 19.4 Å². The van der Waals surface area contributed by atoms with Crippen LogP contribution in [0.2, 0.25) is 0 Å². The predicted molar refractivity (Wildman–Crippen MR) is 114 cm³/mol. The van der Waals surface area contributed by atoms with Crippen LogP contribution in [0.4, 0.5) is 4.79 Å². The van der Waals surface area contributed by atoms with E-state index in [2.05, 4.69) is 10.6 Å². The molecule has 3 N–H and O–H groups in total. The second-order valence-electron chi connectivity index (χ2n) is 6.63. The fraction of sp³-hybridized carbons (Fsp3) is 0.261. The highest BCUT2D eigenvalue weighted by Gasteiger charge is 2.18. The van der Waals surface area contributed by atoms with Crippen molar-refractivity contribution in [3.63, 3.8) is 0 Å². The molecule has 0 bridgehead atoms. The molecular formula is C23H26N2O5. The maximum atomic E-state index is 12.0. The van der Waals surface area contributed by atoms with Gasteiger partial charge in [0, 0.05) is 12.6 Å². The van der Waals surface area contributed by atoms with Crippen molar-refractivity contribution in [2.45, 2.75) is 31.9 Å². The van der Waals surface area contributed by atoms with Crippen molar-refractivity contribution >= 4 is 24.0 Å². The number of carboxylic acid groups (broad SMARTS) is 1. The number of ether oxygens (including phenoxy) is 1. The highest BCUT2D eigenvalue weighted by atomic mass is 16.5. The van der Waals surface area contributed by atoms with Crippen LogP contribution < -0.4 is 10.6 Å². The summed E-state index contributed by atoms with van der Waals surface area (Å²) in [7, 11) is 0. The first-order valence-electron chi connectivity index (χ1n) is 9.75. The maximum absolute atomic E-state index is 12.0. The first-order chi connectivity index (χ1) is 14.5. The van der Waals surface area contributed by atoms with Gasteiger partial charge in [-0.15, -0.1) is 0 Å². The van der Waals surface area contributed by atoms with Crippen molar-refractivity contribution in [1.29, 1.82) is 0 Å². The van der Waals surface area contributed by atoms with Crippen LogP contribution in [0.3, 0.4) is 0 Å². The van der Waals surface area contributed by atoms with Gasteiger partial charge in [-0.05, 0) is 36.5 Å². The fourth-order valence-electron chi connectivity index (χ4n) is 2.65. The third kappa shape index (κ3) is 9.05. The standard InChI is InChI=1S/C23H26N2O5/c26-21(15-14-18-9-3-1-4-10-18)25-20(22(27)28)13-7-8-16-24-23(29)30-17-19-11-5-2-6-12-19/h1-6,9-12,14-15,20H,7-8,13,16-17H2,(H,24,29)(H,25,26)(H,27,28)/b15-14+/t20-/m0/s1. The third-order valence-electron chi connectivity index (χ3n) is 4.24. The lowest BCUT2D eigenvalue weighted by Gasteiger charge is -2.13. The van der Waals surface area contributed by atoms with Crippen LogP contribution in [0.5, 0.6) is 0 Å². The molecule has 2 aromatic rings. The number of alkyl carbamates (subject to hydrolysis) is 1. The predicted octanol–water partition coefficient (Wildman–Crippen LogP) is 3.37. The first kappa shape index (κ1) is 22.7. The molecule has 30 heavy (non-hydrogen) atoms. The van der Waals surface area contributed by atoms with E-state index in [9.17, 15) is 19.5 Å². The second-order valence-corrected chi connectivity index (χ2v) is 6.63. The van der Waals surface area contributed by atoms with Crippen LogP contribution in [0.1, 0.15) is 30.4 Å². The van der Waals surface area contributed by atoms with Gasteiger partial charge < -0.3 is 20.5 Å². The number of benzene rings is 2. The molecule has 0 saturated carbocycles. The first-order valence-corrected chi connectivity index (χ1v) is 9.75. The van der Waals surface area contributed by atoms with Crippen molar-refractivity contribution in [3.05, 3.63) is 77.9 Å². The molecular weight excluding hydrogens is 384 g/mol. The average molecular weight is 410 g/mol. The third-order valence-corrected chi connectivity index (χ3v) is 4.24. The summed E-state index contributed by atoms with van der Waals surface area (Å²) >= 11 is 0. The summed E-state index contributed by atoms with van der Waals surface area (Å²) in [6.07, 6.45) is 3.78. The van der Waals surface area contributed by atoms with E-state index < -0.39 is 24.0 Å². The molecule has 158 valence electrons. The Morgan fingerprint density at radius 2 is 1.63 bits per heavy atom. The molecule has 0 radical (unpaired) electrons. The minimum absolute atomic E-state index is 0.191. The van der Waals surface area contributed by atoms with Crippen LogP contribution in [-0.4, -0.2) is 35.7 Å². The van der Waals surface area contributed by atoms with E-state index in [4.69, 9.17) is 4.74 Å². The molecule has 0 heterocycles. The molecule has 0 unspecified atom stereocenters. The van der Waals surface area contributed by atoms with Gasteiger partial charge in [0.1, 0.15) is 12.6 Å². The fourth-order valence-corrected chi connectivity index (χ4v) is 2.65. The molecule has 7 nitrogen and oxygen atoms in total. The number of amides is 2. The molecule has 0 aliphatic rings. The number of carbonyl (C=O) groups is 3. The van der Waals surface area contributed by atoms with Crippen molar-refractivity contribution in [1.82, 2.24) is 10.6 Å². The van der Waals surface area contributed by atoms with Gasteiger partial charge in [0.25, 0.3) is 0 Å². The van der Waals surface area contributed by atoms with Crippen molar-refractivity contribution < 1.29 is 24.2 Å². The van der Waals surface area contributed by atoms with Gasteiger partial charge in [0.2, 0.25) is 5.91 Å². The van der Waals surface area contributed by atoms with Crippen LogP contribution in [-0.2, 0) is 20.9 Å². The Kier molecular flexibility index (Phi) is 9.65. The van der Waals surface area contributed by atoms with Gasteiger partial charge in [-0.3, -0.25) is 4.79 Å². The number of aliphatic carboxylic acids is 1. The van der Waals surface area contributed by atoms with E-state index >= 15 is 0 Å². The van der Waals surface area contributed by atoms with E-state index in [0.717, 1.165) is 11.1 Å². The lowest BCUT2D eigenvalue weighted by Crippen LogP contribution is -2.40. The lowest BCUT2D eigenvalue weighted by atomic mass is 10.1. The monoisotopic (exact) mass is 410 g/mol. The molecule has 0 fully saturated rings. The second kappa shape index (κ2) is 12.8. The number of carbonyl (C=O) groups excluding carboxylic acids is 2. The number of hydrogen-bond acceptors (Lipinski definition) is 4. The van der Waals surface area contributed by atoms with Crippen LogP contribution in [0.15, 0.2) is 66.7 Å². The van der Waals surface area contributed by atoms with E-state index in [1.54, 1.807) is 6.08 Å². The zero-order chi connectivity index (χ0) is 21.6. The van der Waals surface area contributed by atoms with Gasteiger partial charge in [0.15, 0.2) is 0 Å². The van der Waals surface area contributed by atoms with E-state index in [-0.39, 0.29) is 13.0 Å². The molecule has 0 aromatic heterocycles. The smallest absolute Gasteiger partial charge is 0.407 e. The number of nitrogens with one attached hydrogen (secondary N) is 2. The van der Waals surface area contributed by atoms with Gasteiger partial charge in [-0.25, -0.2) is 9.59 Å². The molecule has 0 saturated heterocycles. The molecule has 1 atom stereocenters. The van der Waals surface area contributed by atoms with E-state index in [1.807, 2.05) is 60.7 Å². The van der Waals surface area contributed by atoms with Crippen LogP contribution in [0, 0.1) is 0 Å². The Bertz CT molecular complexity index is 837. The number of hydrogen-bond donors (Lipinski definition) is 3. The Morgan fingerprint density at radius 3 is 2.30 bits per heavy atom. The van der Waals surface area contributed by atoms with Gasteiger partial charge in [-0.2, -0.15) is 0 Å². The summed E-state index contributed by atoms with van der Waals surface area (Å²) in [5.41, 5.74) is 1.75. The Labute approximate surface area is 175 Å². The summed E-state index contributed by atoms with van der Waals surface area (Å²) in [6, 6.07) is 17.6. The van der Waals surface area contributed by atoms with Gasteiger partial charge >= 0.3 is 12.1 Å². The average Bonchev–Trinajstić information content (AvgIpc) is 2.76. The maximum Gasteiger partial charge on any atom is 0.407 e. The largest absolute Gasteiger partial charge is 0.480 e. The summed E-state index contributed by atoms with van der Waals surface area (Å²) in [5.74, 6) is -1.56. The number of carboxylic acids is 1. The molecule has 7 heteroatoms. The molecule has 2 amide bonds. The normalized spacial score (nSPS) is 11.6. The van der Waals surface area contributed by atoms with Crippen molar-refractivity contribution in [2.24, 2.45) is 0 Å².